The molecule has 1 N–H and O–H groups in total. The third-order valence-corrected chi connectivity index (χ3v) is 4.16. The lowest BCUT2D eigenvalue weighted by Gasteiger charge is -2.35. The average Bonchev–Trinajstić information content (AvgIpc) is 2.43. The number of ether oxygens (including phenoxy) is 2. The lowest BCUT2D eigenvalue weighted by molar-refractivity contribution is -0.0177. The lowest BCUT2D eigenvalue weighted by Crippen LogP contribution is -2.39. The summed E-state index contributed by atoms with van der Waals surface area (Å²) in [5.74, 6) is 2.95. The van der Waals surface area contributed by atoms with E-state index in [9.17, 15) is 5.11 Å². The summed E-state index contributed by atoms with van der Waals surface area (Å²) >= 11 is 0. The molecule has 1 fully saturated rings. The molecule has 0 aromatic heterocycles. The third kappa shape index (κ3) is 3.89. The standard InChI is InChI=1S/C17H26O3/c1-4-19-14-6-8-15(9-7-14)20-17-11-13(12(2)3)5-10-16(17)18/h6-9,12-13,16-18H,4-5,10-11H2,1-3H3. The predicted octanol–water partition coefficient (Wildman–Crippen LogP) is 3.65. The summed E-state index contributed by atoms with van der Waals surface area (Å²) in [5, 5.41) is 10.1. The van der Waals surface area contributed by atoms with E-state index in [1.165, 1.54) is 0 Å². The van der Waals surface area contributed by atoms with Gasteiger partial charge in [0.2, 0.25) is 0 Å². The van der Waals surface area contributed by atoms with Crippen LogP contribution in [0.5, 0.6) is 11.5 Å². The Morgan fingerprint density at radius 3 is 2.40 bits per heavy atom. The van der Waals surface area contributed by atoms with Crippen LogP contribution in [0.25, 0.3) is 0 Å². The Hall–Kier alpha value is -1.22. The Bertz CT molecular complexity index is 399. The van der Waals surface area contributed by atoms with Gasteiger partial charge >= 0.3 is 0 Å². The zero-order chi connectivity index (χ0) is 14.5. The van der Waals surface area contributed by atoms with Crippen LogP contribution in [0.1, 0.15) is 40.0 Å². The van der Waals surface area contributed by atoms with Gasteiger partial charge in [-0.2, -0.15) is 0 Å². The second kappa shape index (κ2) is 6.98. The fraction of sp³-hybridized carbons (Fsp3) is 0.647. The summed E-state index contributed by atoms with van der Waals surface area (Å²) in [6, 6.07) is 7.65. The number of rotatable bonds is 5. The first-order chi connectivity index (χ1) is 9.60. The number of benzene rings is 1. The molecule has 1 aliphatic carbocycles. The van der Waals surface area contributed by atoms with Gasteiger partial charge in [0.1, 0.15) is 17.6 Å². The minimum Gasteiger partial charge on any atom is -0.494 e. The zero-order valence-corrected chi connectivity index (χ0v) is 12.7. The Kier molecular flexibility index (Phi) is 5.30. The molecule has 0 saturated heterocycles. The number of hydrogen-bond acceptors (Lipinski definition) is 3. The molecule has 1 aromatic carbocycles. The van der Waals surface area contributed by atoms with E-state index in [4.69, 9.17) is 9.47 Å². The summed E-state index contributed by atoms with van der Waals surface area (Å²) in [7, 11) is 0. The molecule has 2 rings (SSSR count). The van der Waals surface area contributed by atoms with E-state index in [0.717, 1.165) is 30.8 Å². The maximum atomic E-state index is 10.1. The monoisotopic (exact) mass is 278 g/mol. The van der Waals surface area contributed by atoms with E-state index >= 15 is 0 Å². The smallest absolute Gasteiger partial charge is 0.125 e. The molecule has 0 amide bonds. The summed E-state index contributed by atoms with van der Waals surface area (Å²) in [4.78, 5) is 0. The van der Waals surface area contributed by atoms with Crippen molar-refractivity contribution >= 4 is 0 Å². The van der Waals surface area contributed by atoms with Gasteiger partial charge in [0.25, 0.3) is 0 Å². The Morgan fingerprint density at radius 1 is 1.15 bits per heavy atom. The van der Waals surface area contributed by atoms with Gasteiger partial charge in [-0.15, -0.1) is 0 Å². The molecule has 1 saturated carbocycles. The topological polar surface area (TPSA) is 38.7 Å². The van der Waals surface area contributed by atoms with Crippen LogP contribution in [0.2, 0.25) is 0 Å². The second-order valence-corrected chi connectivity index (χ2v) is 5.95. The molecule has 0 bridgehead atoms. The van der Waals surface area contributed by atoms with E-state index < -0.39 is 0 Å². The summed E-state index contributed by atoms with van der Waals surface area (Å²) in [6.45, 7) is 7.12. The van der Waals surface area contributed by atoms with E-state index in [-0.39, 0.29) is 12.2 Å². The largest absolute Gasteiger partial charge is 0.494 e. The van der Waals surface area contributed by atoms with Gasteiger partial charge in [-0.05, 0) is 62.3 Å². The van der Waals surface area contributed by atoms with Crippen LogP contribution in [0.15, 0.2) is 24.3 Å². The second-order valence-electron chi connectivity index (χ2n) is 5.95. The molecule has 0 aliphatic heterocycles. The van der Waals surface area contributed by atoms with Crippen molar-refractivity contribution in [3.63, 3.8) is 0 Å². The van der Waals surface area contributed by atoms with Gasteiger partial charge in [0.05, 0.1) is 12.7 Å². The molecule has 20 heavy (non-hydrogen) atoms. The highest BCUT2D eigenvalue weighted by Crippen LogP contribution is 2.32. The van der Waals surface area contributed by atoms with Crippen LogP contribution in [-0.4, -0.2) is 23.9 Å². The molecule has 3 nitrogen and oxygen atoms in total. The van der Waals surface area contributed by atoms with Crippen LogP contribution in [-0.2, 0) is 0 Å². The van der Waals surface area contributed by atoms with E-state index in [0.29, 0.717) is 18.4 Å². The van der Waals surface area contributed by atoms with E-state index in [1.807, 2.05) is 31.2 Å². The fourth-order valence-corrected chi connectivity index (χ4v) is 2.83. The maximum absolute atomic E-state index is 10.1. The predicted molar refractivity (Wildman–Crippen MR) is 80.2 cm³/mol. The summed E-state index contributed by atoms with van der Waals surface area (Å²) < 4.78 is 11.4. The quantitative estimate of drug-likeness (QED) is 0.893. The van der Waals surface area contributed by atoms with Crippen molar-refractivity contribution in [1.29, 1.82) is 0 Å². The minimum atomic E-state index is -0.350. The molecule has 1 aromatic rings. The van der Waals surface area contributed by atoms with Crippen LogP contribution in [0, 0.1) is 11.8 Å². The van der Waals surface area contributed by atoms with Crippen molar-refractivity contribution < 1.29 is 14.6 Å². The fourth-order valence-electron chi connectivity index (χ4n) is 2.83. The average molecular weight is 278 g/mol. The zero-order valence-electron chi connectivity index (χ0n) is 12.7. The van der Waals surface area contributed by atoms with Crippen molar-refractivity contribution in [2.75, 3.05) is 6.61 Å². The normalized spacial score (nSPS) is 26.6. The van der Waals surface area contributed by atoms with Crippen molar-refractivity contribution in [2.45, 2.75) is 52.2 Å². The first kappa shape index (κ1) is 15.2. The molecular weight excluding hydrogens is 252 g/mol. The number of aliphatic hydroxyl groups excluding tert-OH is 1. The molecule has 0 radical (unpaired) electrons. The van der Waals surface area contributed by atoms with Gasteiger partial charge in [-0.3, -0.25) is 0 Å². The highest BCUT2D eigenvalue weighted by molar-refractivity contribution is 5.31. The van der Waals surface area contributed by atoms with Gasteiger partial charge in [0, 0.05) is 0 Å². The van der Waals surface area contributed by atoms with Crippen LogP contribution < -0.4 is 9.47 Å². The summed E-state index contributed by atoms with van der Waals surface area (Å²) in [6.07, 6.45) is 2.43. The van der Waals surface area contributed by atoms with Crippen LogP contribution >= 0.6 is 0 Å². The number of aliphatic hydroxyl groups is 1. The molecule has 112 valence electrons. The Labute approximate surface area is 121 Å². The van der Waals surface area contributed by atoms with Crippen LogP contribution in [0.4, 0.5) is 0 Å². The number of hydrogen-bond donors (Lipinski definition) is 1. The highest BCUT2D eigenvalue weighted by Gasteiger charge is 2.32. The SMILES string of the molecule is CCOc1ccc(OC2CC(C(C)C)CCC2O)cc1. The first-order valence-corrected chi connectivity index (χ1v) is 7.67. The van der Waals surface area contributed by atoms with Crippen molar-refractivity contribution in [3.05, 3.63) is 24.3 Å². The highest BCUT2D eigenvalue weighted by atomic mass is 16.5. The van der Waals surface area contributed by atoms with Gasteiger partial charge in [-0.25, -0.2) is 0 Å². The first-order valence-electron chi connectivity index (χ1n) is 7.67. The molecule has 0 spiro atoms. The van der Waals surface area contributed by atoms with E-state index in [1.54, 1.807) is 0 Å². The molecule has 3 heteroatoms. The van der Waals surface area contributed by atoms with Crippen LogP contribution in [0.3, 0.4) is 0 Å². The van der Waals surface area contributed by atoms with Gasteiger partial charge in [-0.1, -0.05) is 13.8 Å². The molecular formula is C17H26O3. The maximum Gasteiger partial charge on any atom is 0.125 e. The van der Waals surface area contributed by atoms with Gasteiger partial charge < -0.3 is 14.6 Å². The van der Waals surface area contributed by atoms with Crippen molar-refractivity contribution in [3.8, 4) is 11.5 Å². The van der Waals surface area contributed by atoms with Crippen molar-refractivity contribution in [1.82, 2.24) is 0 Å². The Balaban J connectivity index is 1.96. The third-order valence-electron chi connectivity index (χ3n) is 4.16. The molecule has 1 aliphatic rings. The van der Waals surface area contributed by atoms with Gasteiger partial charge in [0.15, 0.2) is 0 Å². The van der Waals surface area contributed by atoms with E-state index in [2.05, 4.69) is 13.8 Å². The van der Waals surface area contributed by atoms with Crippen molar-refractivity contribution in [2.24, 2.45) is 11.8 Å². The summed E-state index contributed by atoms with van der Waals surface area (Å²) in [5.41, 5.74) is 0. The lowest BCUT2D eigenvalue weighted by atomic mass is 9.79. The molecule has 3 atom stereocenters. The minimum absolute atomic E-state index is 0.0888. The Morgan fingerprint density at radius 2 is 1.80 bits per heavy atom. The molecule has 3 unspecified atom stereocenters. The molecule has 0 heterocycles.